The van der Waals surface area contributed by atoms with Crippen LogP contribution in [0.15, 0.2) is 18.2 Å². The predicted octanol–water partition coefficient (Wildman–Crippen LogP) is 3.79. The molecule has 1 aliphatic carbocycles. The average molecular weight is 230 g/mol. The molecule has 1 atom stereocenters. The Bertz CT molecular complexity index is 358. The molecule has 76 valence electrons. The Hall–Kier alpha value is -0.240. The van der Waals surface area contributed by atoms with Crippen LogP contribution in [0.5, 0.6) is 0 Å². The lowest BCUT2D eigenvalue weighted by Crippen LogP contribution is -2.20. The van der Waals surface area contributed by atoms with Crippen LogP contribution in [-0.2, 0) is 0 Å². The zero-order valence-electron chi connectivity index (χ0n) is 8.06. The van der Waals surface area contributed by atoms with E-state index in [1.807, 2.05) is 12.1 Å². The Balaban J connectivity index is 2.35. The SMILES string of the molecule is CC1(C(N)c2cc(Cl)ccc2Cl)CC1. The first-order valence-electron chi connectivity index (χ1n) is 4.73. The number of halogens is 2. The van der Waals surface area contributed by atoms with Gasteiger partial charge in [-0.15, -0.1) is 0 Å². The van der Waals surface area contributed by atoms with Crippen molar-refractivity contribution in [3.63, 3.8) is 0 Å². The molecule has 14 heavy (non-hydrogen) atoms. The molecule has 0 heterocycles. The summed E-state index contributed by atoms with van der Waals surface area (Å²) in [6.45, 7) is 2.19. The normalized spacial score (nSPS) is 20.6. The van der Waals surface area contributed by atoms with Gasteiger partial charge in [-0.05, 0) is 42.0 Å². The molecule has 0 radical (unpaired) electrons. The van der Waals surface area contributed by atoms with Gasteiger partial charge in [-0.2, -0.15) is 0 Å². The smallest absolute Gasteiger partial charge is 0.0454 e. The molecule has 3 heteroatoms. The quantitative estimate of drug-likeness (QED) is 0.821. The summed E-state index contributed by atoms with van der Waals surface area (Å²) in [5.74, 6) is 0. The standard InChI is InChI=1S/C11H13Cl2N/c1-11(4-5-11)10(14)8-6-7(12)2-3-9(8)13/h2-3,6,10H,4-5,14H2,1H3. The first-order valence-corrected chi connectivity index (χ1v) is 5.49. The lowest BCUT2D eigenvalue weighted by atomic mass is 9.93. The summed E-state index contributed by atoms with van der Waals surface area (Å²) in [7, 11) is 0. The molecule has 1 aromatic carbocycles. The average Bonchev–Trinajstić information content (AvgIpc) is 2.88. The highest BCUT2D eigenvalue weighted by Gasteiger charge is 2.44. The van der Waals surface area contributed by atoms with Gasteiger partial charge in [0.1, 0.15) is 0 Å². The van der Waals surface area contributed by atoms with E-state index in [1.54, 1.807) is 6.07 Å². The van der Waals surface area contributed by atoms with Crippen LogP contribution in [0.3, 0.4) is 0 Å². The molecule has 1 saturated carbocycles. The van der Waals surface area contributed by atoms with E-state index in [1.165, 1.54) is 12.8 Å². The van der Waals surface area contributed by atoms with Crippen molar-refractivity contribution < 1.29 is 0 Å². The van der Waals surface area contributed by atoms with E-state index in [9.17, 15) is 0 Å². The highest BCUT2D eigenvalue weighted by Crippen LogP contribution is 2.54. The molecule has 0 aliphatic heterocycles. The second-order valence-corrected chi connectivity index (χ2v) is 5.14. The minimum absolute atomic E-state index is 0.00806. The number of nitrogens with two attached hydrogens (primary N) is 1. The molecular weight excluding hydrogens is 217 g/mol. The van der Waals surface area contributed by atoms with Gasteiger partial charge in [0.15, 0.2) is 0 Å². The second kappa shape index (κ2) is 3.41. The van der Waals surface area contributed by atoms with E-state index < -0.39 is 0 Å². The lowest BCUT2D eigenvalue weighted by molar-refractivity contribution is 0.451. The molecule has 1 unspecified atom stereocenters. The van der Waals surface area contributed by atoms with Crippen LogP contribution in [0.25, 0.3) is 0 Å². The molecule has 1 nitrogen and oxygen atoms in total. The maximum Gasteiger partial charge on any atom is 0.0454 e. The van der Waals surface area contributed by atoms with E-state index in [2.05, 4.69) is 6.92 Å². The van der Waals surface area contributed by atoms with Crippen LogP contribution in [0.1, 0.15) is 31.4 Å². The number of rotatable bonds is 2. The number of hydrogen-bond donors (Lipinski definition) is 1. The fraction of sp³-hybridized carbons (Fsp3) is 0.455. The summed E-state index contributed by atoms with van der Waals surface area (Å²) in [6, 6.07) is 5.48. The van der Waals surface area contributed by atoms with Crippen LogP contribution in [0.4, 0.5) is 0 Å². The van der Waals surface area contributed by atoms with E-state index in [0.29, 0.717) is 5.02 Å². The molecule has 2 rings (SSSR count). The van der Waals surface area contributed by atoms with Crippen molar-refractivity contribution >= 4 is 23.2 Å². The van der Waals surface area contributed by atoms with Crippen molar-refractivity contribution in [1.82, 2.24) is 0 Å². The third-order valence-electron chi connectivity index (χ3n) is 3.08. The van der Waals surface area contributed by atoms with Gasteiger partial charge in [-0.1, -0.05) is 30.1 Å². The van der Waals surface area contributed by atoms with Gasteiger partial charge >= 0.3 is 0 Å². The highest BCUT2D eigenvalue weighted by molar-refractivity contribution is 6.33. The van der Waals surface area contributed by atoms with E-state index >= 15 is 0 Å². The van der Waals surface area contributed by atoms with Crippen molar-refractivity contribution in [1.29, 1.82) is 0 Å². The zero-order valence-corrected chi connectivity index (χ0v) is 9.57. The van der Waals surface area contributed by atoms with Crippen LogP contribution >= 0.6 is 23.2 Å². The topological polar surface area (TPSA) is 26.0 Å². The Labute approximate surface area is 94.2 Å². The first-order chi connectivity index (χ1) is 6.53. The van der Waals surface area contributed by atoms with Gasteiger partial charge in [0, 0.05) is 16.1 Å². The van der Waals surface area contributed by atoms with Crippen molar-refractivity contribution in [2.45, 2.75) is 25.8 Å². The fourth-order valence-electron chi connectivity index (χ4n) is 1.64. The van der Waals surface area contributed by atoms with Gasteiger partial charge in [-0.3, -0.25) is 0 Å². The minimum Gasteiger partial charge on any atom is -0.323 e. The summed E-state index contributed by atoms with van der Waals surface area (Å²) in [5, 5.41) is 1.42. The molecule has 0 bridgehead atoms. The Kier molecular flexibility index (Phi) is 2.50. The van der Waals surface area contributed by atoms with Gasteiger partial charge < -0.3 is 5.73 Å². The Morgan fingerprint density at radius 3 is 2.57 bits per heavy atom. The predicted molar refractivity (Wildman–Crippen MR) is 60.7 cm³/mol. The van der Waals surface area contributed by atoms with Crippen molar-refractivity contribution in [2.24, 2.45) is 11.1 Å². The van der Waals surface area contributed by atoms with Crippen molar-refractivity contribution in [2.75, 3.05) is 0 Å². The lowest BCUT2D eigenvalue weighted by Gasteiger charge is -2.20. The Morgan fingerprint density at radius 2 is 2.00 bits per heavy atom. The van der Waals surface area contributed by atoms with Crippen molar-refractivity contribution in [3.8, 4) is 0 Å². The fourth-order valence-corrected chi connectivity index (χ4v) is 2.05. The van der Waals surface area contributed by atoms with Gasteiger partial charge in [0.2, 0.25) is 0 Å². The van der Waals surface area contributed by atoms with Crippen LogP contribution < -0.4 is 5.73 Å². The van der Waals surface area contributed by atoms with E-state index in [4.69, 9.17) is 28.9 Å². The van der Waals surface area contributed by atoms with Crippen molar-refractivity contribution in [3.05, 3.63) is 33.8 Å². The summed E-state index contributed by atoms with van der Waals surface area (Å²) < 4.78 is 0. The number of hydrogen-bond acceptors (Lipinski definition) is 1. The molecular formula is C11H13Cl2N. The molecule has 0 amide bonds. The monoisotopic (exact) mass is 229 g/mol. The summed E-state index contributed by atoms with van der Waals surface area (Å²) in [6.07, 6.45) is 2.36. The molecule has 0 saturated heterocycles. The summed E-state index contributed by atoms with van der Waals surface area (Å²) in [5.41, 5.74) is 7.36. The molecule has 0 aromatic heterocycles. The maximum absolute atomic E-state index is 6.16. The van der Waals surface area contributed by atoms with E-state index in [0.717, 1.165) is 10.6 Å². The molecule has 1 fully saturated rings. The first kappa shape index (κ1) is 10.3. The van der Waals surface area contributed by atoms with Crippen LogP contribution in [0.2, 0.25) is 10.0 Å². The van der Waals surface area contributed by atoms with Gasteiger partial charge in [0.05, 0.1) is 0 Å². The van der Waals surface area contributed by atoms with E-state index in [-0.39, 0.29) is 11.5 Å². The summed E-state index contributed by atoms with van der Waals surface area (Å²) in [4.78, 5) is 0. The third kappa shape index (κ3) is 1.77. The van der Waals surface area contributed by atoms with Crippen LogP contribution in [-0.4, -0.2) is 0 Å². The third-order valence-corrected chi connectivity index (χ3v) is 3.66. The maximum atomic E-state index is 6.16. The molecule has 2 N–H and O–H groups in total. The van der Waals surface area contributed by atoms with Gasteiger partial charge in [0.25, 0.3) is 0 Å². The van der Waals surface area contributed by atoms with Gasteiger partial charge in [-0.25, -0.2) is 0 Å². The molecule has 1 aliphatic rings. The Morgan fingerprint density at radius 1 is 1.36 bits per heavy atom. The summed E-state index contributed by atoms with van der Waals surface area (Å²) >= 11 is 12.0. The largest absolute Gasteiger partial charge is 0.323 e. The zero-order chi connectivity index (χ0) is 10.3. The second-order valence-electron chi connectivity index (χ2n) is 4.30. The molecule has 1 aromatic rings. The molecule has 0 spiro atoms. The number of benzene rings is 1. The minimum atomic E-state index is 0.00806. The van der Waals surface area contributed by atoms with Crippen LogP contribution in [0, 0.1) is 5.41 Å². The highest BCUT2D eigenvalue weighted by atomic mass is 35.5.